The molecule has 0 amide bonds. The van der Waals surface area contributed by atoms with Gasteiger partial charge in [0.25, 0.3) is 0 Å². The van der Waals surface area contributed by atoms with Crippen molar-refractivity contribution in [2.75, 3.05) is 11.1 Å². The summed E-state index contributed by atoms with van der Waals surface area (Å²) in [5, 5.41) is 4.38. The van der Waals surface area contributed by atoms with E-state index in [4.69, 9.17) is 0 Å². The van der Waals surface area contributed by atoms with E-state index in [0.29, 0.717) is 6.04 Å². The zero-order valence-electron chi connectivity index (χ0n) is 9.01. The number of nitrogens with one attached hydrogen (secondary N) is 1. The second-order valence-electron chi connectivity index (χ2n) is 4.16. The fourth-order valence-corrected chi connectivity index (χ4v) is 4.36. The molecule has 5 heteroatoms. The van der Waals surface area contributed by atoms with Crippen LogP contribution in [-0.4, -0.2) is 31.6 Å². The van der Waals surface area contributed by atoms with Gasteiger partial charge in [-0.1, -0.05) is 0 Å². The Morgan fingerprint density at radius 3 is 3.19 bits per heavy atom. The van der Waals surface area contributed by atoms with Gasteiger partial charge >= 0.3 is 105 Å². The molecule has 0 spiro atoms. The van der Waals surface area contributed by atoms with Gasteiger partial charge in [-0.2, -0.15) is 0 Å². The van der Waals surface area contributed by atoms with Gasteiger partial charge in [0.2, 0.25) is 0 Å². The summed E-state index contributed by atoms with van der Waals surface area (Å²) in [7, 11) is 0. The van der Waals surface area contributed by atoms with E-state index in [0.717, 1.165) is 16.6 Å². The Morgan fingerprint density at radius 2 is 2.38 bits per heavy atom. The van der Waals surface area contributed by atoms with Crippen LogP contribution in [0.4, 0.5) is 17.1 Å². The predicted molar refractivity (Wildman–Crippen MR) is 70.3 cm³/mol. The number of hydrogen-bond acceptors (Lipinski definition) is 4. The van der Waals surface area contributed by atoms with Gasteiger partial charge in [0.1, 0.15) is 0 Å². The van der Waals surface area contributed by atoms with E-state index in [9.17, 15) is 0 Å². The fraction of sp³-hybridized carbons (Fsp3) is 0.455. The van der Waals surface area contributed by atoms with Crippen LogP contribution in [0.15, 0.2) is 26.1 Å². The number of rotatable bonds is 2. The number of fused-ring (bicyclic) bond motifs is 1. The molecule has 2 heterocycles. The summed E-state index contributed by atoms with van der Waals surface area (Å²) in [4.78, 5) is 0. The third-order valence-electron chi connectivity index (χ3n) is 2.84. The topological polar surface area (TPSA) is 36.8 Å². The predicted octanol–water partition coefficient (Wildman–Crippen LogP) is 3.34. The maximum atomic E-state index is 4.49. The van der Waals surface area contributed by atoms with E-state index in [-0.39, 0.29) is 14.6 Å². The Balaban J connectivity index is 1.81. The molecule has 3 nitrogen and oxygen atoms in total. The third-order valence-corrected chi connectivity index (χ3v) is 5.34. The fourth-order valence-electron chi connectivity index (χ4n) is 2.06. The molecule has 0 saturated carbocycles. The molecule has 0 aromatic heterocycles. The summed E-state index contributed by atoms with van der Waals surface area (Å²) in [5.41, 5.74) is 3.30. The molecule has 2 aliphatic rings. The van der Waals surface area contributed by atoms with Crippen LogP contribution < -0.4 is 5.32 Å². The van der Waals surface area contributed by atoms with Crippen molar-refractivity contribution in [3.8, 4) is 0 Å². The van der Waals surface area contributed by atoms with Crippen molar-refractivity contribution in [2.45, 2.75) is 24.6 Å². The van der Waals surface area contributed by atoms with Gasteiger partial charge in [0, 0.05) is 0 Å². The van der Waals surface area contributed by atoms with Crippen molar-refractivity contribution < 1.29 is 0 Å². The first-order valence-electron chi connectivity index (χ1n) is 5.42. The zero-order valence-corrected chi connectivity index (χ0v) is 11.5. The van der Waals surface area contributed by atoms with Crippen LogP contribution in [0, 0.1) is 0 Å². The number of nitrogens with zero attached hydrogens (tertiary/aromatic N) is 2. The minimum absolute atomic E-state index is 0.0673. The Kier molecular flexibility index (Phi) is 2.92. The molecule has 3 rings (SSSR count). The van der Waals surface area contributed by atoms with Crippen molar-refractivity contribution in [1.82, 2.24) is 0 Å². The molecule has 2 unspecified atom stereocenters. The van der Waals surface area contributed by atoms with Gasteiger partial charge in [-0.3, -0.25) is 0 Å². The van der Waals surface area contributed by atoms with Crippen LogP contribution in [0.3, 0.4) is 0 Å². The van der Waals surface area contributed by atoms with Crippen molar-refractivity contribution >= 4 is 43.4 Å². The molecular weight excluding hydrogens is 285 g/mol. The number of hydrogen-bond donors (Lipinski definition) is 1. The quantitative estimate of drug-likeness (QED) is 0.863. The van der Waals surface area contributed by atoms with E-state index < -0.39 is 0 Å². The van der Waals surface area contributed by atoms with Crippen molar-refractivity contribution in [3.05, 3.63) is 18.2 Å². The van der Waals surface area contributed by atoms with E-state index in [2.05, 4.69) is 32.3 Å². The number of anilines is 1. The second kappa shape index (κ2) is 4.40. The number of thioether (sulfide) groups is 1. The van der Waals surface area contributed by atoms with Crippen LogP contribution in [-0.2, 0) is 0 Å². The Morgan fingerprint density at radius 1 is 1.44 bits per heavy atom. The standard InChI is InChI=1S/C11H13N3SSe/c1-7-5-8(6-15-7)12-9-3-2-4-10-11(9)14-16-13-10/h2-4,7-8,12H,5-6H2,1H3. The Bertz CT molecular complexity index is 482. The molecule has 1 saturated heterocycles. The molecule has 1 aromatic carbocycles. The monoisotopic (exact) mass is 299 g/mol. The van der Waals surface area contributed by atoms with Gasteiger partial charge in [0.05, 0.1) is 0 Å². The molecule has 1 fully saturated rings. The summed E-state index contributed by atoms with van der Waals surface area (Å²) in [5.74, 6) is 1.20. The Labute approximate surface area is 105 Å². The summed E-state index contributed by atoms with van der Waals surface area (Å²) < 4.78 is 8.89. The Hall–Kier alpha value is -0.511. The number of benzene rings is 1. The molecular formula is C11H13N3SSe. The first kappa shape index (κ1) is 10.6. The van der Waals surface area contributed by atoms with Crippen molar-refractivity contribution in [2.24, 2.45) is 7.92 Å². The van der Waals surface area contributed by atoms with E-state index in [1.165, 1.54) is 17.9 Å². The van der Waals surface area contributed by atoms with Gasteiger partial charge in [-0.15, -0.1) is 0 Å². The van der Waals surface area contributed by atoms with Crippen LogP contribution in [0.5, 0.6) is 0 Å². The van der Waals surface area contributed by atoms with Crippen LogP contribution >= 0.6 is 11.8 Å². The molecule has 16 heavy (non-hydrogen) atoms. The second-order valence-corrected chi connectivity index (χ2v) is 6.74. The first-order chi connectivity index (χ1) is 7.83. The SMILES string of the molecule is CC1CC(Nc2cccc3c2N=[Se]=N3)CS1. The van der Waals surface area contributed by atoms with Crippen LogP contribution in [0.1, 0.15) is 13.3 Å². The molecule has 84 valence electrons. The van der Waals surface area contributed by atoms with E-state index >= 15 is 0 Å². The van der Waals surface area contributed by atoms with E-state index in [1.807, 2.05) is 17.8 Å². The van der Waals surface area contributed by atoms with Crippen molar-refractivity contribution in [1.29, 1.82) is 0 Å². The van der Waals surface area contributed by atoms with E-state index in [1.54, 1.807) is 0 Å². The zero-order chi connectivity index (χ0) is 11.0. The molecule has 0 radical (unpaired) electrons. The third kappa shape index (κ3) is 1.99. The average molecular weight is 298 g/mol. The van der Waals surface area contributed by atoms with Gasteiger partial charge < -0.3 is 0 Å². The average Bonchev–Trinajstić information content (AvgIpc) is 2.87. The molecule has 2 aliphatic heterocycles. The van der Waals surface area contributed by atoms with Gasteiger partial charge in [-0.05, 0) is 0 Å². The summed E-state index contributed by atoms with van der Waals surface area (Å²) in [6, 6.07) is 6.82. The summed E-state index contributed by atoms with van der Waals surface area (Å²) in [6.07, 6.45) is 1.25. The molecule has 1 N–H and O–H groups in total. The molecule has 0 aliphatic carbocycles. The van der Waals surface area contributed by atoms with Crippen LogP contribution in [0.25, 0.3) is 0 Å². The normalized spacial score (nSPS) is 26.6. The minimum atomic E-state index is 0.0673. The maximum absolute atomic E-state index is 4.49. The molecule has 1 aromatic rings. The summed E-state index contributed by atoms with van der Waals surface area (Å²) in [6.45, 7) is 2.30. The van der Waals surface area contributed by atoms with Crippen LogP contribution in [0.2, 0.25) is 0 Å². The van der Waals surface area contributed by atoms with Crippen molar-refractivity contribution in [3.63, 3.8) is 0 Å². The molecule has 0 bridgehead atoms. The van der Waals surface area contributed by atoms with Gasteiger partial charge in [0.15, 0.2) is 0 Å². The first-order valence-corrected chi connectivity index (χ1v) is 8.00. The van der Waals surface area contributed by atoms with Gasteiger partial charge in [-0.25, -0.2) is 0 Å². The summed E-state index contributed by atoms with van der Waals surface area (Å²) >= 11 is 2.11. The molecule has 2 atom stereocenters.